The Kier molecular flexibility index (Phi) is 5.46. The molecule has 32 heavy (non-hydrogen) atoms. The Balaban J connectivity index is 1.40. The maximum absolute atomic E-state index is 13.1. The highest BCUT2D eigenvalue weighted by Gasteiger charge is 2.37. The molecule has 0 aliphatic carbocycles. The van der Waals surface area contributed by atoms with E-state index in [4.69, 9.17) is 0 Å². The van der Waals surface area contributed by atoms with Gasteiger partial charge in [0.25, 0.3) is 5.91 Å². The van der Waals surface area contributed by atoms with Crippen LogP contribution in [0.15, 0.2) is 66.9 Å². The molecule has 0 bridgehead atoms. The van der Waals surface area contributed by atoms with E-state index >= 15 is 0 Å². The molecule has 7 heteroatoms. The molecule has 0 fully saturated rings. The van der Waals surface area contributed by atoms with Crippen molar-refractivity contribution < 1.29 is 4.79 Å². The number of hydrogen-bond acceptors (Lipinski definition) is 5. The highest BCUT2D eigenvalue weighted by Crippen LogP contribution is 2.37. The van der Waals surface area contributed by atoms with Gasteiger partial charge >= 0.3 is 0 Å². The molecule has 1 unspecified atom stereocenters. The zero-order chi connectivity index (χ0) is 21.9. The largest absolute Gasteiger partial charge is 0.326 e. The molecule has 0 saturated heterocycles. The highest BCUT2D eigenvalue weighted by atomic mass is 16.2. The van der Waals surface area contributed by atoms with Crippen molar-refractivity contribution in [2.24, 2.45) is 0 Å². The maximum Gasteiger partial charge on any atom is 0.256 e. The number of tetrazole rings is 1. The Labute approximate surface area is 186 Å². The second-order valence-corrected chi connectivity index (χ2v) is 8.01. The first kappa shape index (κ1) is 20.1. The summed E-state index contributed by atoms with van der Waals surface area (Å²) in [5.41, 5.74) is 5.76. The minimum absolute atomic E-state index is 0.0392. The van der Waals surface area contributed by atoms with E-state index in [1.54, 1.807) is 6.20 Å². The van der Waals surface area contributed by atoms with Crippen LogP contribution in [0, 0.1) is 0 Å². The van der Waals surface area contributed by atoms with E-state index in [9.17, 15) is 4.79 Å². The summed E-state index contributed by atoms with van der Waals surface area (Å²) in [4.78, 5) is 19.6. The first-order valence-corrected chi connectivity index (χ1v) is 10.9. The molecule has 2 aromatic heterocycles. The maximum atomic E-state index is 13.1. The van der Waals surface area contributed by atoms with Crippen LogP contribution in [0.1, 0.15) is 53.8 Å². The van der Waals surface area contributed by atoms with Crippen molar-refractivity contribution in [1.29, 1.82) is 0 Å². The normalized spacial score (nSPS) is 15.2. The van der Waals surface area contributed by atoms with E-state index in [0.717, 1.165) is 52.8 Å². The summed E-state index contributed by atoms with van der Waals surface area (Å²) in [6, 6.07) is 20.1. The standard InChI is InChI=1S/C25H24N6O/c1-2-3-10-22-23-21(9-6-15-26-23)25(32)31(22)16-17-11-13-18(14-12-17)19-7-4-5-8-20(19)24-27-29-30-28-24/h4-9,11-15,22H,2-3,10,16H2,1H3,(H,27,28,29,30). The number of aromatic amines is 1. The number of nitrogens with one attached hydrogen (secondary N) is 1. The van der Waals surface area contributed by atoms with Gasteiger partial charge in [0.2, 0.25) is 5.82 Å². The van der Waals surface area contributed by atoms with Crippen molar-refractivity contribution in [2.75, 3.05) is 0 Å². The van der Waals surface area contributed by atoms with Gasteiger partial charge in [-0.1, -0.05) is 68.3 Å². The first-order chi connectivity index (χ1) is 15.8. The van der Waals surface area contributed by atoms with Gasteiger partial charge < -0.3 is 4.90 Å². The lowest BCUT2D eigenvalue weighted by atomic mass is 9.98. The van der Waals surface area contributed by atoms with Crippen LogP contribution in [-0.4, -0.2) is 36.4 Å². The van der Waals surface area contributed by atoms with Crippen molar-refractivity contribution in [3.63, 3.8) is 0 Å². The van der Waals surface area contributed by atoms with Crippen LogP contribution in [0.4, 0.5) is 0 Å². The number of aromatic nitrogens is 5. The first-order valence-electron chi connectivity index (χ1n) is 10.9. The zero-order valence-electron chi connectivity index (χ0n) is 17.9. The van der Waals surface area contributed by atoms with Crippen LogP contribution < -0.4 is 0 Å². The number of hydrogen-bond donors (Lipinski definition) is 1. The Morgan fingerprint density at radius 3 is 2.50 bits per heavy atom. The van der Waals surface area contributed by atoms with Crippen LogP contribution in [0.5, 0.6) is 0 Å². The lowest BCUT2D eigenvalue weighted by Crippen LogP contribution is -2.27. The summed E-state index contributed by atoms with van der Waals surface area (Å²) in [6.07, 6.45) is 4.87. The lowest BCUT2D eigenvalue weighted by molar-refractivity contribution is 0.0698. The summed E-state index contributed by atoms with van der Waals surface area (Å²) in [7, 11) is 0. The average molecular weight is 425 g/mol. The molecular weight excluding hydrogens is 400 g/mol. The molecule has 0 saturated carbocycles. The minimum atomic E-state index is 0.0392. The van der Waals surface area contributed by atoms with E-state index in [0.29, 0.717) is 12.4 Å². The molecule has 0 spiro atoms. The third-order valence-electron chi connectivity index (χ3n) is 5.98. The number of benzene rings is 2. The van der Waals surface area contributed by atoms with Crippen molar-refractivity contribution in [2.45, 2.75) is 38.8 Å². The number of carbonyl (C=O) groups is 1. The van der Waals surface area contributed by atoms with Crippen LogP contribution in [-0.2, 0) is 6.54 Å². The van der Waals surface area contributed by atoms with Gasteiger partial charge in [-0.3, -0.25) is 9.78 Å². The summed E-state index contributed by atoms with van der Waals surface area (Å²) >= 11 is 0. The number of unbranched alkanes of at least 4 members (excludes halogenated alkanes) is 1. The van der Waals surface area contributed by atoms with E-state index in [1.165, 1.54) is 0 Å². The van der Waals surface area contributed by atoms with Gasteiger partial charge in [0.15, 0.2) is 0 Å². The highest BCUT2D eigenvalue weighted by molar-refractivity contribution is 5.98. The number of pyridine rings is 1. The van der Waals surface area contributed by atoms with Crippen molar-refractivity contribution >= 4 is 5.91 Å². The number of nitrogens with zero attached hydrogens (tertiary/aromatic N) is 5. The van der Waals surface area contributed by atoms with E-state index in [2.05, 4.69) is 56.8 Å². The minimum Gasteiger partial charge on any atom is -0.326 e. The molecule has 1 aliphatic rings. The second kappa shape index (κ2) is 8.70. The van der Waals surface area contributed by atoms with Gasteiger partial charge in [0.1, 0.15) is 0 Å². The van der Waals surface area contributed by atoms with Crippen LogP contribution >= 0.6 is 0 Å². The smallest absolute Gasteiger partial charge is 0.256 e. The Morgan fingerprint density at radius 1 is 0.969 bits per heavy atom. The third-order valence-corrected chi connectivity index (χ3v) is 5.98. The molecule has 5 rings (SSSR count). The van der Waals surface area contributed by atoms with Gasteiger partial charge in [-0.15, -0.1) is 10.2 Å². The molecule has 1 atom stereocenters. The average Bonchev–Trinajstić information content (AvgIpc) is 3.46. The van der Waals surface area contributed by atoms with Crippen molar-refractivity contribution in [1.82, 2.24) is 30.5 Å². The lowest BCUT2D eigenvalue weighted by Gasteiger charge is -2.25. The summed E-state index contributed by atoms with van der Waals surface area (Å²) in [6.45, 7) is 2.74. The number of H-pyrrole nitrogens is 1. The van der Waals surface area contributed by atoms with E-state index in [-0.39, 0.29) is 11.9 Å². The number of carbonyl (C=O) groups excluding carboxylic acids is 1. The second-order valence-electron chi connectivity index (χ2n) is 8.01. The fourth-order valence-electron chi connectivity index (χ4n) is 4.37. The van der Waals surface area contributed by atoms with Gasteiger partial charge in [0, 0.05) is 18.3 Å². The molecule has 3 heterocycles. The monoisotopic (exact) mass is 424 g/mol. The molecule has 0 radical (unpaired) electrons. The quantitative estimate of drug-likeness (QED) is 0.460. The Morgan fingerprint density at radius 2 is 1.75 bits per heavy atom. The zero-order valence-corrected chi connectivity index (χ0v) is 17.9. The summed E-state index contributed by atoms with van der Waals surface area (Å²) in [5.74, 6) is 0.636. The summed E-state index contributed by atoms with van der Waals surface area (Å²) < 4.78 is 0. The van der Waals surface area contributed by atoms with Gasteiger partial charge in [-0.2, -0.15) is 5.21 Å². The van der Waals surface area contributed by atoms with Crippen LogP contribution in [0.3, 0.4) is 0 Å². The summed E-state index contributed by atoms with van der Waals surface area (Å²) in [5, 5.41) is 14.4. The molecule has 4 aromatic rings. The molecule has 7 nitrogen and oxygen atoms in total. The van der Waals surface area contributed by atoms with Crippen LogP contribution in [0.2, 0.25) is 0 Å². The number of amides is 1. The number of rotatable bonds is 7. The van der Waals surface area contributed by atoms with Crippen molar-refractivity contribution in [3.05, 3.63) is 83.7 Å². The molecule has 1 aliphatic heterocycles. The fraction of sp³-hybridized carbons (Fsp3) is 0.240. The Hall–Kier alpha value is -3.87. The predicted octanol–water partition coefficient (Wildman–Crippen LogP) is 4.82. The van der Waals surface area contributed by atoms with Gasteiger partial charge in [-0.25, -0.2) is 0 Å². The van der Waals surface area contributed by atoms with Gasteiger partial charge in [0.05, 0.1) is 17.3 Å². The van der Waals surface area contributed by atoms with E-state index < -0.39 is 0 Å². The van der Waals surface area contributed by atoms with Crippen molar-refractivity contribution in [3.8, 4) is 22.5 Å². The fourth-order valence-corrected chi connectivity index (χ4v) is 4.37. The van der Waals surface area contributed by atoms with Gasteiger partial charge in [-0.05, 0) is 40.5 Å². The topological polar surface area (TPSA) is 87.7 Å². The SMILES string of the molecule is CCCCC1c2ncccc2C(=O)N1Cc1ccc(-c2ccccc2-c2nn[nH]n2)cc1. The molecule has 1 N–H and O–H groups in total. The predicted molar refractivity (Wildman–Crippen MR) is 121 cm³/mol. The number of fused-ring (bicyclic) bond motifs is 1. The molecular formula is C25H24N6O. The molecule has 160 valence electrons. The van der Waals surface area contributed by atoms with E-state index in [1.807, 2.05) is 41.3 Å². The third kappa shape index (κ3) is 3.66. The molecule has 2 aromatic carbocycles. The Bertz CT molecular complexity index is 1220. The molecule has 1 amide bonds. The van der Waals surface area contributed by atoms with Crippen LogP contribution in [0.25, 0.3) is 22.5 Å².